The standard InChI is InChI=1S/C11H16O/c1-11-6-5-9(12)10-7(11)3-2-4-8(10)11/h7-8,10H,2-6H2,1H3/t7-,8+,10?,11?. The highest BCUT2D eigenvalue weighted by molar-refractivity contribution is 5.85. The van der Waals surface area contributed by atoms with Crippen molar-refractivity contribution in [2.75, 3.05) is 0 Å². The first-order valence-electron chi connectivity index (χ1n) is 5.26. The van der Waals surface area contributed by atoms with Gasteiger partial charge >= 0.3 is 0 Å². The first-order valence-corrected chi connectivity index (χ1v) is 5.26. The molecule has 0 N–H and O–H groups in total. The van der Waals surface area contributed by atoms with Crippen molar-refractivity contribution in [1.29, 1.82) is 0 Å². The highest BCUT2D eigenvalue weighted by Gasteiger charge is 2.64. The summed E-state index contributed by atoms with van der Waals surface area (Å²) < 4.78 is 0. The number of Topliss-reactive ketones (excluding diaryl/α,β-unsaturated/α-hetero) is 1. The van der Waals surface area contributed by atoms with Crippen molar-refractivity contribution in [3.8, 4) is 0 Å². The number of ketones is 1. The Morgan fingerprint density at radius 2 is 2.00 bits per heavy atom. The van der Waals surface area contributed by atoms with Crippen LogP contribution in [0.15, 0.2) is 0 Å². The lowest BCUT2D eigenvalue weighted by molar-refractivity contribution is -0.190. The van der Waals surface area contributed by atoms with Crippen LogP contribution in [0, 0.1) is 23.2 Å². The summed E-state index contributed by atoms with van der Waals surface area (Å²) in [4.78, 5) is 11.6. The van der Waals surface area contributed by atoms with Gasteiger partial charge in [-0.3, -0.25) is 4.79 Å². The second-order valence-corrected chi connectivity index (χ2v) is 5.14. The molecule has 3 fully saturated rings. The van der Waals surface area contributed by atoms with Crippen molar-refractivity contribution in [3.63, 3.8) is 0 Å². The Morgan fingerprint density at radius 1 is 1.33 bits per heavy atom. The molecule has 0 amide bonds. The normalized spacial score (nSPS) is 56.4. The van der Waals surface area contributed by atoms with Gasteiger partial charge in [-0.05, 0) is 36.5 Å². The first-order chi connectivity index (χ1) is 5.73. The Kier molecular flexibility index (Phi) is 1.15. The summed E-state index contributed by atoms with van der Waals surface area (Å²) in [6, 6.07) is 0. The van der Waals surface area contributed by atoms with Gasteiger partial charge < -0.3 is 0 Å². The minimum atomic E-state index is 0.512. The highest BCUT2D eigenvalue weighted by Crippen LogP contribution is 2.68. The predicted octanol–water partition coefficient (Wildman–Crippen LogP) is 2.40. The number of carbonyl (C=O) groups excluding carboxylic acids is 1. The van der Waals surface area contributed by atoms with Gasteiger partial charge in [0.1, 0.15) is 5.78 Å². The van der Waals surface area contributed by atoms with E-state index in [4.69, 9.17) is 0 Å². The largest absolute Gasteiger partial charge is 0.299 e. The molecule has 0 radical (unpaired) electrons. The van der Waals surface area contributed by atoms with E-state index in [0.29, 0.717) is 17.1 Å². The lowest BCUT2D eigenvalue weighted by Crippen LogP contribution is -2.63. The van der Waals surface area contributed by atoms with E-state index in [1.54, 1.807) is 0 Å². The van der Waals surface area contributed by atoms with Crippen LogP contribution in [0.4, 0.5) is 0 Å². The summed E-state index contributed by atoms with van der Waals surface area (Å²) in [6.07, 6.45) is 6.13. The molecule has 3 saturated carbocycles. The third-order valence-electron chi connectivity index (χ3n) is 4.87. The van der Waals surface area contributed by atoms with E-state index in [1.165, 1.54) is 25.7 Å². The van der Waals surface area contributed by atoms with Gasteiger partial charge in [0.05, 0.1) is 0 Å². The second-order valence-electron chi connectivity index (χ2n) is 5.14. The Morgan fingerprint density at radius 3 is 2.58 bits per heavy atom. The average molecular weight is 164 g/mol. The third kappa shape index (κ3) is 0.571. The lowest BCUT2D eigenvalue weighted by Gasteiger charge is -2.66. The van der Waals surface area contributed by atoms with E-state index >= 15 is 0 Å². The maximum Gasteiger partial charge on any atom is 0.136 e. The Hall–Kier alpha value is -0.330. The fourth-order valence-corrected chi connectivity index (χ4v) is 4.21. The maximum atomic E-state index is 11.6. The number of fused-ring (bicyclic) bond motifs is 1. The van der Waals surface area contributed by atoms with Gasteiger partial charge in [-0.15, -0.1) is 0 Å². The van der Waals surface area contributed by atoms with Crippen LogP contribution in [-0.2, 0) is 4.79 Å². The number of hydrogen-bond acceptors (Lipinski definition) is 1. The quantitative estimate of drug-likeness (QED) is 0.537. The predicted molar refractivity (Wildman–Crippen MR) is 46.7 cm³/mol. The summed E-state index contributed by atoms with van der Waals surface area (Å²) in [5.74, 6) is 2.68. The van der Waals surface area contributed by atoms with Gasteiger partial charge in [-0.25, -0.2) is 0 Å². The molecule has 0 aromatic carbocycles. The number of carbonyl (C=O) groups is 1. The molecule has 0 spiro atoms. The first kappa shape index (κ1) is 7.11. The molecule has 3 rings (SSSR count). The fraction of sp³-hybridized carbons (Fsp3) is 0.909. The zero-order chi connectivity index (χ0) is 8.34. The molecule has 1 heteroatoms. The van der Waals surface area contributed by atoms with Crippen molar-refractivity contribution in [1.82, 2.24) is 0 Å². The molecule has 0 aromatic heterocycles. The summed E-state index contributed by atoms with van der Waals surface area (Å²) in [7, 11) is 0. The Bertz CT molecular complexity index is 231. The topological polar surface area (TPSA) is 17.1 Å². The molecule has 3 aliphatic rings. The van der Waals surface area contributed by atoms with Crippen molar-refractivity contribution >= 4 is 5.78 Å². The van der Waals surface area contributed by atoms with Crippen LogP contribution < -0.4 is 0 Å². The van der Waals surface area contributed by atoms with E-state index in [1.807, 2.05) is 0 Å². The van der Waals surface area contributed by atoms with Gasteiger partial charge in [0.2, 0.25) is 0 Å². The minimum Gasteiger partial charge on any atom is -0.299 e. The van der Waals surface area contributed by atoms with Crippen LogP contribution in [0.5, 0.6) is 0 Å². The smallest absolute Gasteiger partial charge is 0.136 e. The Balaban J connectivity index is 1.98. The van der Waals surface area contributed by atoms with Crippen LogP contribution in [-0.4, -0.2) is 5.78 Å². The van der Waals surface area contributed by atoms with Gasteiger partial charge in [-0.1, -0.05) is 13.3 Å². The second kappa shape index (κ2) is 1.94. The van der Waals surface area contributed by atoms with Gasteiger partial charge in [0.25, 0.3) is 0 Å². The molecule has 3 aliphatic carbocycles. The van der Waals surface area contributed by atoms with Crippen molar-refractivity contribution < 1.29 is 4.79 Å². The molecule has 2 unspecified atom stereocenters. The number of rotatable bonds is 0. The van der Waals surface area contributed by atoms with Crippen LogP contribution in [0.25, 0.3) is 0 Å². The van der Waals surface area contributed by atoms with Crippen LogP contribution in [0.1, 0.15) is 39.0 Å². The molecule has 66 valence electrons. The monoisotopic (exact) mass is 164 g/mol. The van der Waals surface area contributed by atoms with Gasteiger partial charge in [-0.2, -0.15) is 0 Å². The number of hydrogen-bond donors (Lipinski definition) is 0. The zero-order valence-corrected chi connectivity index (χ0v) is 7.68. The Labute approximate surface area is 73.5 Å². The molecule has 4 bridgehead atoms. The molecule has 1 nitrogen and oxygen atoms in total. The minimum absolute atomic E-state index is 0.512. The zero-order valence-electron chi connectivity index (χ0n) is 7.68. The molecule has 4 atom stereocenters. The SMILES string of the molecule is CC12CCC(=O)C3[C@H]1CCC[C@@H]32. The van der Waals surface area contributed by atoms with Gasteiger partial charge in [0.15, 0.2) is 0 Å². The van der Waals surface area contributed by atoms with Crippen LogP contribution >= 0.6 is 0 Å². The molecule has 0 saturated heterocycles. The van der Waals surface area contributed by atoms with Crippen molar-refractivity contribution in [3.05, 3.63) is 0 Å². The lowest BCUT2D eigenvalue weighted by atomic mass is 9.37. The van der Waals surface area contributed by atoms with Crippen LogP contribution in [0.2, 0.25) is 0 Å². The van der Waals surface area contributed by atoms with E-state index < -0.39 is 0 Å². The third-order valence-corrected chi connectivity index (χ3v) is 4.87. The summed E-state index contributed by atoms with van der Waals surface area (Å²) in [6.45, 7) is 2.42. The molecule has 0 heterocycles. The average Bonchev–Trinajstić information content (AvgIpc) is 2.11. The molecule has 12 heavy (non-hydrogen) atoms. The van der Waals surface area contributed by atoms with E-state index in [-0.39, 0.29) is 0 Å². The summed E-state index contributed by atoms with van der Waals surface area (Å²) >= 11 is 0. The fourth-order valence-electron chi connectivity index (χ4n) is 4.21. The molecule has 0 aliphatic heterocycles. The van der Waals surface area contributed by atoms with Crippen molar-refractivity contribution in [2.24, 2.45) is 23.2 Å². The molecular weight excluding hydrogens is 148 g/mol. The summed E-state index contributed by atoms with van der Waals surface area (Å²) in [5.41, 5.74) is 0.594. The van der Waals surface area contributed by atoms with Gasteiger partial charge in [0, 0.05) is 12.3 Å². The summed E-state index contributed by atoms with van der Waals surface area (Å²) in [5, 5.41) is 0. The van der Waals surface area contributed by atoms with E-state index in [2.05, 4.69) is 6.92 Å². The molecule has 0 aromatic rings. The van der Waals surface area contributed by atoms with Crippen molar-refractivity contribution in [2.45, 2.75) is 39.0 Å². The molecular formula is C11H16O. The maximum absolute atomic E-state index is 11.6. The van der Waals surface area contributed by atoms with Crippen LogP contribution in [0.3, 0.4) is 0 Å². The highest BCUT2D eigenvalue weighted by atomic mass is 16.1. The van der Waals surface area contributed by atoms with E-state index in [9.17, 15) is 4.79 Å². The van der Waals surface area contributed by atoms with E-state index in [0.717, 1.165) is 18.3 Å².